The predicted octanol–water partition coefficient (Wildman–Crippen LogP) is 1.79. The van der Waals surface area contributed by atoms with E-state index in [0.29, 0.717) is 5.82 Å². The first-order chi connectivity index (χ1) is 9.36. The summed E-state index contributed by atoms with van der Waals surface area (Å²) >= 11 is 0. The lowest BCUT2D eigenvalue weighted by atomic mass is 10.0. The van der Waals surface area contributed by atoms with Gasteiger partial charge in [-0.15, -0.1) is 0 Å². The van der Waals surface area contributed by atoms with Crippen molar-refractivity contribution in [3.8, 4) is 0 Å². The van der Waals surface area contributed by atoms with Crippen LogP contribution in [0, 0.1) is 0 Å². The Kier molecular flexibility index (Phi) is 3.89. The van der Waals surface area contributed by atoms with Crippen LogP contribution < -0.4 is 10.6 Å². The normalized spacial score (nSPS) is 13.2. The van der Waals surface area contributed by atoms with Crippen LogP contribution in [0.1, 0.15) is 13.8 Å². The predicted molar refractivity (Wildman–Crippen MR) is 74.3 cm³/mol. The summed E-state index contributed by atoms with van der Waals surface area (Å²) in [4.78, 5) is 18.6. The second-order valence-electron chi connectivity index (χ2n) is 5.09. The van der Waals surface area contributed by atoms with Crippen LogP contribution in [0.25, 0.3) is 10.9 Å². The maximum absolute atomic E-state index is 13.5. The summed E-state index contributed by atoms with van der Waals surface area (Å²) in [5, 5.41) is 15.2. The Balaban J connectivity index is 1.91. The molecule has 2 aromatic rings. The van der Waals surface area contributed by atoms with Crippen LogP contribution in [0.4, 0.5) is 15.0 Å². The van der Waals surface area contributed by atoms with Crippen LogP contribution in [-0.2, 0) is 0 Å². The fourth-order valence-corrected chi connectivity index (χ4v) is 1.61. The Morgan fingerprint density at radius 1 is 1.60 bits per heavy atom. The topological polar surface area (TPSA) is 90.0 Å². The highest BCUT2D eigenvalue weighted by Gasteiger charge is 2.26. The van der Waals surface area contributed by atoms with E-state index in [0.717, 1.165) is 10.9 Å². The Hall–Kier alpha value is -2.15. The molecule has 0 aliphatic rings. The number of nitrogens with one attached hydrogen (secondary N) is 3. The number of aliphatic hydroxyl groups is 1. The summed E-state index contributed by atoms with van der Waals surface area (Å²) in [5.74, 6) is 0.369. The molecule has 0 aliphatic heterocycles. The first-order valence-corrected chi connectivity index (χ1v) is 6.20. The summed E-state index contributed by atoms with van der Waals surface area (Å²) < 4.78 is 13.5. The van der Waals surface area contributed by atoms with Gasteiger partial charge in [0.05, 0.1) is 23.9 Å². The van der Waals surface area contributed by atoms with E-state index in [1.165, 1.54) is 13.8 Å². The van der Waals surface area contributed by atoms with Gasteiger partial charge < -0.3 is 15.4 Å². The number of H-pyrrole nitrogens is 1. The highest BCUT2D eigenvalue weighted by atomic mass is 19.1. The number of amides is 2. The summed E-state index contributed by atoms with van der Waals surface area (Å²) in [6, 6.07) is 2.99. The average molecular weight is 280 g/mol. The number of aromatic amines is 1. The number of carbonyl (C=O) groups is 1. The summed E-state index contributed by atoms with van der Waals surface area (Å²) in [7, 11) is 0. The zero-order chi connectivity index (χ0) is 14.8. The molecule has 0 fully saturated rings. The Labute approximate surface area is 115 Å². The van der Waals surface area contributed by atoms with Gasteiger partial charge in [0.25, 0.3) is 0 Å². The van der Waals surface area contributed by atoms with Crippen molar-refractivity contribution in [3.63, 3.8) is 0 Å². The maximum atomic E-state index is 13.5. The minimum Gasteiger partial charge on any atom is -0.387 e. The van der Waals surface area contributed by atoms with Gasteiger partial charge in [-0.25, -0.2) is 14.2 Å². The van der Waals surface area contributed by atoms with E-state index in [9.17, 15) is 14.3 Å². The number of pyridine rings is 1. The van der Waals surface area contributed by atoms with Crippen LogP contribution in [0.3, 0.4) is 0 Å². The van der Waals surface area contributed by atoms with E-state index in [1.807, 2.05) is 6.07 Å². The Bertz CT molecular complexity index is 606. The summed E-state index contributed by atoms with van der Waals surface area (Å²) in [5.41, 5.74) is -0.628. The first-order valence-electron chi connectivity index (χ1n) is 6.20. The minimum absolute atomic E-state index is 0.276. The van der Waals surface area contributed by atoms with E-state index in [4.69, 9.17) is 0 Å². The molecule has 2 rings (SSSR count). The van der Waals surface area contributed by atoms with Gasteiger partial charge in [-0.2, -0.15) is 0 Å². The Morgan fingerprint density at radius 2 is 2.35 bits per heavy atom. The van der Waals surface area contributed by atoms with Crippen molar-refractivity contribution in [2.24, 2.45) is 0 Å². The molecule has 20 heavy (non-hydrogen) atoms. The molecule has 0 spiro atoms. The quantitative estimate of drug-likeness (QED) is 0.688. The Morgan fingerprint density at radius 3 is 3.05 bits per heavy atom. The molecule has 0 unspecified atom stereocenters. The van der Waals surface area contributed by atoms with Gasteiger partial charge in [-0.3, -0.25) is 5.32 Å². The summed E-state index contributed by atoms with van der Waals surface area (Å²) in [6.07, 6.45) is 1.82. The fraction of sp³-hybridized carbons (Fsp3) is 0.385. The van der Waals surface area contributed by atoms with Crippen molar-refractivity contribution in [2.75, 3.05) is 11.9 Å². The van der Waals surface area contributed by atoms with Crippen LogP contribution in [0.15, 0.2) is 24.5 Å². The number of hydrogen-bond acceptors (Lipinski definition) is 3. The molecule has 2 heterocycles. The smallest absolute Gasteiger partial charge is 0.320 e. The van der Waals surface area contributed by atoms with Gasteiger partial charge in [0.15, 0.2) is 0 Å². The van der Waals surface area contributed by atoms with Crippen molar-refractivity contribution in [1.82, 2.24) is 15.3 Å². The van der Waals surface area contributed by atoms with E-state index < -0.39 is 17.8 Å². The lowest BCUT2D eigenvalue weighted by molar-refractivity contribution is -0.000908. The second-order valence-corrected chi connectivity index (χ2v) is 5.09. The molecule has 2 aromatic heterocycles. The highest BCUT2D eigenvalue weighted by molar-refractivity contribution is 5.91. The molecule has 108 valence electrons. The second kappa shape index (κ2) is 5.46. The maximum Gasteiger partial charge on any atom is 0.320 e. The number of urea groups is 1. The number of fused-ring (bicyclic) bond motifs is 1. The van der Waals surface area contributed by atoms with Gasteiger partial charge in [0, 0.05) is 11.6 Å². The monoisotopic (exact) mass is 280 g/mol. The van der Waals surface area contributed by atoms with Crippen molar-refractivity contribution < 1.29 is 14.3 Å². The van der Waals surface area contributed by atoms with Gasteiger partial charge in [-0.05, 0) is 26.0 Å². The van der Waals surface area contributed by atoms with E-state index >= 15 is 0 Å². The molecule has 1 atom stereocenters. The SMILES string of the molecule is CC(C)(O)[C@H](F)CNC(=O)Nc1cc2cc[nH]c2cn1. The third-order valence-electron chi connectivity index (χ3n) is 2.89. The molecule has 0 radical (unpaired) electrons. The first kappa shape index (κ1) is 14.3. The van der Waals surface area contributed by atoms with E-state index in [2.05, 4.69) is 20.6 Å². The molecule has 2 amide bonds. The van der Waals surface area contributed by atoms with Crippen LogP contribution in [0.5, 0.6) is 0 Å². The molecular formula is C13H17FN4O2. The van der Waals surface area contributed by atoms with Gasteiger partial charge in [0.1, 0.15) is 12.0 Å². The van der Waals surface area contributed by atoms with Crippen LogP contribution in [-0.4, -0.2) is 39.4 Å². The number of carbonyl (C=O) groups excluding carboxylic acids is 1. The molecule has 6 nitrogen and oxygen atoms in total. The molecule has 4 N–H and O–H groups in total. The third kappa shape index (κ3) is 3.45. The van der Waals surface area contributed by atoms with Gasteiger partial charge in [0.2, 0.25) is 0 Å². The average Bonchev–Trinajstić information content (AvgIpc) is 2.82. The molecular weight excluding hydrogens is 263 g/mol. The molecule has 7 heteroatoms. The molecule has 0 saturated heterocycles. The number of aromatic nitrogens is 2. The van der Waals surface area contributed by atoms with E-state index in [-0.39, 0.29) is 6.54 Å². The number of rotatable bonds is 4. The summed E-state index contributed by atoms with van der Waals surface area (Å²) in [6.45, 7) is 2.42. The number of anilines is 1. The van der Waals surface area contributed by atoms with E-state index in [1.54, 1.807) is 18.5 Å². The highest BCUT2D eigenvalue weighted by Crippen LogP contribution is 2.15. The standard InChI is InChI=1S/C13H17FN4O2/c1-13(2,20)10(14)7-17-12(19)18-11-5-8-3-4-15-9(8)6-16-11/h3-6,10,15,20H,7H2,1-2H3,(H2,16,17,18,19)/t10-/m1/s1. The van der Waals surface area contributed by atoms with Crippen LogP contribution in [0.2, 0.25) is 0 Å². The van der Waals surface area contributed by atoms with Gasteiger partial charge >= 0.3 is 6.03 Å². The number of alkyl halides is 1. The lowest BCUT2D eigenvalue weighted by Gasteiger charge is -2.22. The number of hydrogen-bond donors (Lipinski definition) is 4. The zero-order valence-electron chi connectivity index (χ0n) is 11.3. The molecule has 0 saturated carbocycles. The largest absolute Gasteiger partial charge is 0.387 e. The number of nitrogens with zero attached hydrogens (tertiary/aromatic N) is 1. The molecule has 0 bridgehead atoms. The van der Waals surface area contributed by atoms with Crippen molar-refractivity contribution in [3.05, 3.63) is 24.5 Å². The van der Waals surface area contributed by atoms with Crippen molar-refractivity contribution in [2.45, 2.75) is 25.6 Å². The lowest BCUT2D eigenvalue weighted by Crippen LogP contribution is -2.43. The molecule has 0 aliphatic carbocycles. The number of halogens is 1. The van der Waals surface area contributed by atoms with Crippen LogP contribution >= 0.6 is 0 Å². The third-order valence-corrected chi connectivity index (χ3v) is 2.89. The van der Waals surface area contributed by atoms with Crippen molar-refractivity contribution in [1.29, 1.82) is 0 Å². The van der Waals surface area contributed by atoms with Crippen molar-refractivity contribution >= 4 is 22.8 Å². The van der Waals surface area contributed by atoms with Gasteiger partial charge in [-0.1, -0.05) is 0 Å². The minimum atomic E-state index is -1.55. The fourth-order valence-electron chi connectivity index (χ4n) is 1.61. The zero-order valence-corrected chi connectivity index (χ0v) is 11.3. The molecule has 0 aromatic carbocycles.